The van der Waals surface area contributed by atoms with Crippen molar-refractivity contribution in [1.82, 2.24) is 10.6 Å². The van der Waals surface area contributed by atoms with Gasteiger partial charge in [-0.1, -0.05) is 25.7 Å². The molecule has 0 aromatic rings. The number of hydroxylamine groups is 6. The van der Waals surface area contributed by atoms with Crippen LogP contribution in [0.25, 0.3) is 0 Å². The molecule has 0 radical (unpaired) electrons. The zero-order valence-electron chi connectivity index (χ0n) is 22.6. The molecule has 0 bridgehead atoms. The zero-order valence-corrected chi connectivity index (χ0v) is 22.6. The lowest BCUT2D eigenvalue weighted by Gasteiger charge is -2.51. The van der Waals surface area contributed by atoms with Crippen LogP contribution in [0, 0.1) is 22.3 Å². The van der Waals surface area contributed by atoms with Crippen LogP contribution >= 0.6 is 0 Å². The van der Waals surface area contributed by atoms with E-state index < -0.39 is 21.4 Å². The topological polar surface area (TPSA) is 104 Å². The molecule has 8 atom stereocenters. The Labute approximate surface area is 222 Å². The number of fused-ring (bicyclic) bond motifs is 2. The van der Waals surface area contributed by atoms with Gasteiger partial charge in [-0.05, 0) is 51.4 Å². The minimum Gasteiger partial charge on any atom is -0.632 e. The number of amides is 2. The van der Waals surface area contributed by atoms with E-state index in [2.05, 4.69) is 10.6 Å². The average molecular weight is 517 g/mol. The molecule has 6 fully saturated rings. The standard InChI is InChI=1S/C29H48N4O4/c34-28(30-22-10-1-2-11-22)26-18-20-8-5-14-24(20)32(26,36)16-7-17-33(37)25-15-6-9-21(25)19-27(33)29(35)31-23-12-3-4-13-23/h20-27H,1-19H2,(H,30,34)(H,31,35)/t20-,21-,24-,25-,26-,27-,32-,33-/m0/s1. The number of carbonyl (C=O) groups excluding carboxylic acids is 2. The maximum atomic E-state index is 14.5. The first-order valence-corrected chi connectivity index (χ1v) is 15.7. The first-order chi connectivity index (χ1) is 17.9. The summed E-state index contributed by atoms with van der Waals surface area (Å²) in [7, 11) is 0. The van der Waals surface area contributed by atoms with E-state index in [1.165, 1.54) is 0 Å². The van der Waals surface area contributed by atoms with E-state index in [1.54, 1.807) is 0 Å². The first kappa shape index (κ1) is 26.0. The normalized spacial score (nSPS) is 43.8. The third kappa shape index (κ3) is 4.74. The average Bonchev–Trinajstić information content (AvgIpc) is 3.69. The van der Waals surface area contributed by atoms with Crippen molar-refractivity contribution in [3.8, 4) is 0 Å². The summed E-state index contributed by atoms with van der Waals surface area (Å²) in [5, 5.41) is 35.4. The van der Waals surface area contributed by atoms with Gasteiger partial charge in [0.1, 0.15) is 0 Å². The van der Waals surface area contributed by atoms with Crippen molar-refractivity contribution in [3.63, 3.8) is 0 Å². The molecular weight excluding hydrogens is 468 g/mol. The maximum absolute atomic E-state index is 14.5. The van der Waals surface area contributed by atoms with Crippen LogP contribution in [0.5, 0.6) is 0 Å². The molecule has 0 unspecified atom stereocenters. The van der Waals surface area contributed by atoms with E-state index >= 15 is 0 Å². The molecule has 6 aliphatic rings. The van der Waals surface area contributed by atoms with Gasteiger partial charge in [-0.3, -0.25) is 9.59 Å². The van der Waals surface area contributed by atoms with Crippen molar-refractivity contribution in [1.29, 1.82) is 0 Å². The molecule has 2 heterocycles. The molecule has 2 amide bonds. The summed E-state index contributed by atoms with van der Waals surface area (Å²) in [5.74, 6) is 0.577. The number of hydrogen-bond donors (Lipinski definition) is 2. The fourth-order valence-electron chi connectivity index (χ4n) is 9.68. The van der Waals surface area contributed by atoms with E-state index in [0.717, 1.165) is 89.9 Å². The van der Waals surface area contributed by atoms with Gasteiger partial charge in [-0.25, -0.2) is 0 Å². The summed E-state index contributed by atoms with van der Waals surface area (Å²) >= 11 is 0. The third-order valence-electron chi connectivity index (χ3n) is 11.5. The quantitative estimate of drug-likeness (QED) is 0.376. The Morgan fingerprint density at radius 2 is 1.00 bits per heavy atom. The molecule has 0 aromatic heterocycles. The van der Waals surface area contributed by atoms with E-state index in [-0.39, 0.29) is 36.0 Å². The lowest BCUT2D eigenvalue weighted by atomic mass is 10.0. The predicted molar refractivity (Wildman–Crippen MR) is 141 cm³/mol. The molecule has 2 aliphatic heterocycles. The lowest BCUT2D eigenvalue weighted by Crippen LogP contribution is -2.61. The Hall–Kier alpha value is -1.22. The Morgan fingerprint density at radius 1 is 0.595 bits per heavy atom. The lowest BCUT2D eigenvalue weighted by molar-refractivity contribution is -0.926. The van der Waals surface area contributed by atoms with Crippen LogP contribution in [0.4, 0.5) is 0 Å². The molecule has 208 valence electrons. The third-order valence-corrected chi connectivity index (χ3v) is 11.5. The maximum Gasteiger partial charge on any atom is 0.278 e. The van der Waals surface area contributed by atoms with Gasteiger partial charge in [0.05, 0.1) is 25.2 Å². The largest absolute Gasteiger partial charge is 0.632 e. The highest BCUT2D eigenvalue weighted by atomic mass is 16.6. The summed E-state index contributed by atoms with van der Waals surface area (Å²) in [5.41, 5.74) is 0. The number of hydrogen-bond acceptors (Lipinski definition) is 4. The second kappa shape index (κ2) is 10.4. The van der Waals surface area contributed by atoms with Crippen molar-refractivity contribution >= 4 is 11.8 Å². The molecule has 37 heavy (non-hydrogen) atoms. The van der Waals surface area contributed by atoms with Crippen molar-refractivity contribution in [2.24, 2.45) is 11.8 Å². The highest BCUT2D eigenvalue weighted by Crippen LogP contribution is 2.48. The summed E-state index contributed by atoms with van der Waals surface area (Å²) in [6.07, 6.45) is 16.6. The van der Waals surface area contributed by atoms with Crippen LogP contribution in [0.15, 0.2) is 0 Å². The molecule has 4 aliphatic carbocycles. The molecule has 0 aromatic carbocycles. The Bertz CT molecular complexity index is 791. The number of quaternary nitrogens is 2. The van der Waals surface area contributed by atoms with Gasteiger partial charge in [0.15, 0.2) is 12.1 Å². The second-order valence-electron chi connectivity index (χ2n) is 13.5. The van der Waals surface area contributed by atoms with Crippen molar-refractivity contribution < 1.29 is 18.9 Å². The van der Waals surface area contributed by atoms with Gasteiger partial charge < -0.3 is 30.3 Å². The van der Waals surface area contributed by atoms with Crippen molar-refractivity contribution in [3.05, 3.63) is 10.4 Å². The molecule has 2 N–H and O–H groups in total. The molecule has 2 saturated heterocycles. The Balaban J connectivity index is 1.14. The number of rotatable bonds is 8. The van der Waals surface area contributed by atoms with Gasteiger partial charge in [-0.2, -0.15) is 0 Å². The van der Waals surface area contributed by atoms with Gasteiger partial charge >= 0.3 is 0 Å². The second-order valence-corrected chi connectivity index (χ2v) is 13.5. The smallest absolute Gasteiger partial charge is 0.278 e. The number of carbonyl (C=O) groups is 2. The highest BCUT2D eigenvalue weighted by molar-refractivity contribution is 5.82. The minimum absolute atomic E-state index is 0.00120. The molecule has 8 heteroatoms. The SMILES string of the molecule is O=C(NC1CCCC1)[C@@H]1C[C@@H]2CCC[C@@H]2[N@@+]1([O-])CCC[N@@+]1([O-])[C@H](C(=O)NC2CCCC2)C[C@@H]2CCC[C@@H]21. The van der Waals surface area contributed by atoms with Crippen molar-refractivity contribution in [2.75, 3.05) is 13.1 Å². The summed E-state index contributed by atoms with van der Waals surface area (Å²) in [4.78, 5) is 26.7. The van der Waals surface area contributed by atoms with E-state index in [0.29, 0.717) is 44.2 Å². The fraction of sp³-hybridized carbons (Fsp3) is 0.931. The van der Waals surface area contributed by atoms with Gasteiger partial charge in [0, 0.05) is 56.0 Å². The van der Waals surface area contributed by atoms with Crippen LogP contribution < -0.4 is 10.6 Å². The molecule has 8 nitrogen and oxygen atoms in total. The van der Waals surface area contributed by atoms with Gasteiger partial charge in [0.2, 0.25) is 0 Å². The zero-order chi connectivity index (χ0) is 25.6. The van der Waals surface area contributed by atoms with Crippen LogP contribution in [0.3, 0.4) is 0 Å². The van der Waals surface area contributed by atoms with E-state index in [9.17, 15) is 20.0 Å². The summed E-state index contributed by atoms with van der Waals surface area (Å²) < 4.78 is -0.869. The minimum atomic E-state index is -0.532. The molecular formula is C29H48N4O4. The van der Waals surface area contributed by atoms with Gasteiger partial charge in [-0.15, -0.1) is 0 Å². The Kier molecular flexibility index (Phi) is 7.31. The number of nitrogens with zero attached hydrogens (tertiary/aromatic N) is 2. The predicted octanol–water partition coefficient (Wildman–Crippen LogP) is 4.01. The van der Waals surface area contributed by atoms with Crippen molar-refractivity contribution in [2.45, 2.75) is 145 Å². The van der Waals surface area contributed by atoms with Crippen LogP contribution in [0.1, 0.15) is 109 Å². The highest BCUT2D eigenvalue weighted by Gasteiger charge is 2.57. The summed E-state index contributed by atoms with van der Waals surface area (Å²) in [6, 6.07) is -0.622. The number of likely N-dealkylation sites (tertiary alicyclic amines) is 2. The van der Waals surface area contributed by atoms with Crippen LogP contribution in [-0.4, -0.2) is 70.4 Å². The fourth-order valence-corrected chi connectivity index (χ4v) is 9.68. The Morgan fingerprint density at radius 3 is 1.41 bits per heavy atom. The van der Waals surface area contributed by atoms with Crippen LogP contribution in [0.2, 0.25) is 0 Å². The van der Waals surface area contributed by atoms with Crippen LogP contribution in [-0.2, 0) is 9.59 Å². The monoisotopic (exact) mass is 516 g/mol. The van der Waals surface area contributed by atoms with Gasteiger partial charge in [0.25, 0.3) is 11.8 Å². The van der Waals surface area contributed by atoms with E-state index in [1.807, 2.05) is 0 Å². The first-order valence-electron chi connectivity index (χ1n) is 15.7. The molecule has 4 saturated carbocycles. The van der Waals surface area contributed by atoms with E-state index in [4.69, 9.17) is 0 Å². The number of nitrogens with one attached hydrogen (secondary N) is 2. The molecule has 6 rings (SSSR count). The summed E-state index contributed by atoms with van der Waals surface area (Å²) in [6.45, 7) is 0.668. The molecule has 0 spiro atoms.